The van der Waals surface area contributed by atoms with Gasteiger partial charge < -0.3 is 15.4 Å². The van der Waals surface area contributed by atoms with E-state index in [1.54, 1.807) is 0 Å². The summed E-state index contributed by atoms with van der Waals surface area (Å²) in [5, 5.41) is 6.71. The summed E-state index contributed by atoms with van der Waals surface area (Å²) in [6, 6.07) is 6.41. The largest absolute Gasteiger partial charge is 0.493 e. The van der Waals surface area contributed by atoms with Crippen LogP contribution in [0.4, 0.5) is 0 Å². The number of nitrogens with one attached hydrogen (secondary N) is 2. The lowest BCUT2D eigenvalue weighted by Gasteiger charge is -2.39. The molecule has 0 spiro atoms. The van der Waals surface area contributed by atoms with E-state index in [-0.39, 0.29) is 0 Å². The molecule has 92 valence electrons. The molecular weight excluding hydrogens is 212 g/mol. The summed E-state index contributed by atoms with van der Waals surface area (Å²) < 4.78 is 6.04. The number of ether oxygens (including phenoxy) is 1. The van der Waals surface area contributed by atoms with Crippen LogP contribution in [0.5, 0.6) is 5.75 Å². The molecule has 0 atom stereocenters. The van der Waals surface area contributed by atoms with Gasteiger partial charge in [-0.25, -0.2) is 0 Å². The molecule has 2 N–H and O–H groups in total. The molecule has 17 heavy (non-hydrogen) atoms. The van der Waals surface area contributed by atoms with E-state index in [0.29, 0.717) is 5.41 Å². The topological polar surface area (TPSA) is 33.3 Å². The van der Waals surface area contributed by atoms with Crippen LogP contribution in [0.15, 0.2) is 18.2 Å². The molecule has 2 aliphatic rings. The molecule has 0 radical (unpaired) electrons. The van der Waals surface area contributed by atoms with Crippen LogP contribution in [0, 0.1) is 5.41 Å². The van der Waals surface area contributed by atoms with E-state index in [0.717, 1.165) is 45.0 Å². The lowest BCUT2D eigenvalue weighted by molar-refractivity contribution is 0.101. The van der Waals surface area contributed by atoms with Crippen molar-refractivity contribution >= 4 is 0 Å². The zero-order chi connectivity index (χ0) is 11.7. The highest BCUT2D eigenvalue weighted by molar-refractivity contribution is 5.41. The Balaban J connectivity index is 1.74. The summed E-state index contributed by atoms with van der Waals surface area (Å²) in [4.78, 5) is 0. The highest BCUT2D eigenvalue weighted by Gasteiger charge is 2.32. The molecule has 1 aromatic rings. The lowest BCUT2D eigenvalue weighted by atomic mass is 9.85. The van der Waals surface area contributed by atoms with Crippen LogP contribution < -0.4 is 15.4 Å². The SMILES string of the molecule is CC1(COc2cccc3c2CCNC3)CNC1. The number of hydrogen-bond donors (Lipinski definition) is 2. The van der Waals surface area contributed by atoms with Gasteiger partial charge in [0.15, 0.2) is 0 Å². The van der Waals surface area contributed by atoms with Crippen molar-refractivity contribution in [3.05, 3.63) is 29.3 Å². The predicted octanol–water partition coefficient (Wildman–Crippen LogP) is 1.32. The first-order valence-electron chi connectivity index (χ1n) is 6.42. The highest BCUT2D eigenvalue weighted by Crippen LogP contribution is 2.28. The van der Waals surface area contributed by atoms with E-state index in [1.165, 1.54) is 11.1 Å². The fraction of sp³-hybridized carbons (Fsp3) is 0.571. The fourth-order valence-electron chi connectivity index (χ4n) is 2.54. The maximum absolute atomic E-state index is 6.04. The van der Waals surface area contributed by atoms with E-state index in [9.17, 15) is 0 Å². The minimum absolute atomic E-state index is 0.329. The van der Waals surface area contributed by atoms with Gasteiger partial charge in [0.25, 0.3) is 0 Å². The third-order valence-electron chi connectivity index (χ3n) is 3.78. The molecule has 0 amide bonds. The smallest absolute Gasteiger partial charge is 0.122 e. The van der Waals surface area contributed by atoms with Crippen molar-refractivity contribution in [2.75, 3.05) is 26.2 Å². The maximum Gasteiger partial charge on any atom is 0.122 e. The summed E-state index contributed by atoms with van der Waals surface area (Å²) in [6.45, 7) is 7.29. The lowest BCUT2D eigenvalue weighted by Crippen LogP contribution is -2.54. The average molecular weight is 232 g/mol. The normalized spacial score (nSPS) is 21.5. The molecule has 3 rings (SSSR count). The van der Waals surface area contributed by atoms with Crippen molar-refractivity contribution in [1.82, 2.24) is 10.6 Å². The standard InChI is InChI=1S/C14H20N2O/c1-14(8-16-9-14)10-17-13-4-2-3-11-7-15-6-5-12(11)13/h2-4,15-16H,5-10H2,1H3. The van der Waals surface area contributed by atoms with Gasteiger partial charge in [0.2, 0.25) is 0 Å². The molecule has 1 aromatic carbocycles. The van der Waals surface area contributed by atoms with Crippen LogP contribution >= 0.6 is 0 Å². The Bertz CT molecular complexity index is 413. The van der Waals surface area contributed by atoms with E-state index in [4.69, 9.17) is 4.74 Å². The second-order valence-corrected chi connectivity index (χ2v) is 5.52. The Hall–Kier alpha value is -1.06. The number of fused-ring (bicyclic) bond motifs is 1. The van der Waals surface area contributed by atoms with Gasteiger partial charge in [-0.3, -0.25) is 0 Å². The second-order valence-electron chi connectivity index (χ2n) is 5.52. The molecule has 0 aliphatic carbocycles. The number of hydrogen-bond acceptors (Lipinski definition) is 3. The molecule has 3 nitrogen and oxygen atoms in total. The minimum atomic E-state index is 0.329. The van der Waals surface area contributed by atoms with Crippen LogP contribution in [-0.2, 0) is 13.0 Å². The number of benzene rings is 1. The van der Waals surface area contributed by atoms with Gasteiger partial charge in [0.05, 0.1) is 6.61 Å². The van der Waals surface area contributed by atoms with Crippen LogP contribution in [0.2, 0.25) is 0 Å². The monoisotopic (exact) mass is 232 g/mol. The van der Waals surface area contributed by atoms with E-state index < -0.39 is 0 Å². The summed E-state index contributed by atoms with van der Waals surface area (Å²) in [6.07, 6.45) is 1.08. The third-order valence-corrected chi connectivity index (χ3v) is 3.78. The molecule has 3 heteroatoms. The van der Waals surface area contributed by atoms with Crippen LogP contribution in [-0.4, -0.2) is 26.2 Å². The van der Waals surface area contributed by atoms with Gasteiger partial charge >= 0.3 is 0 Å². The molecule has 0 aromatic heterocycles. The summed E-state index contributed by atoms with van der Waals surface area (Å²) in [5.74, 6) is 1.09. The Kier molecular flexibility index (Phi) is 2.81. The van der Waals surface area contributed by atoms with Crippen molar-refractivity contribution in [3.8, 4) is 5.75 Å². The maximum atomic E-state index is 6.04. The van der Waals surface area contributed by atoms with Gasteiger partial charge in [0, 0.05) is 25.0 Å². The van der Waals surface area contributed by atoms with Gasteiger partial charge in [-0.1, -0.05) is 19.1 Å². The van der Waals surface area contributed by atoms with Gasteiger partial charge in [-0.05, 0) is 30.2 Å². The van der Waals surface area contributed by atoms with Crippen LogP contribution in [0.25, 0.3) is 0 Å². The molecule has 0 saturated carbocycles. The molecular formula is C14H20N2O. The Labute approximate surface area is 103 Å². The first-order valence-corrected chi connectivity index (χ1v) is 6.42. The Morgan fingerprint density at radius 3 is 2.94 bits per heavy atom. The minimum Gasteiger partial charge on any atom is -0.493 e. The molecule has 2 aliphatic heterocycles. The van der Waals surface area contributed by atoms with Crippen LogP contribution in [0.3, 0.4) is 0 Å². The highest BCUT2D eigenvalue weighted by atomic mass is 16.5. The first-order chi connectivity index (χ1) is 8.27. The van der Waals surface area contributed by atoms with E-state index >= 15 is 0 Å². The van der Waals surface area contributed by atoms with Crippen LogP contribution in [0.1, 0.15) is 18.1 Å². The van der Waals surface area contributed by atoms with Crippen molar-refractivity contribution in [3.63, 3.8) is 0 Å². The van der Waals surface area contributed by atoms with Crippen molar-refractivity contribution in [1.29, 1.82) is 0 Å². The summed E-state index contributed by atoms with van der Waals surface area (Å²) in [7, 11) is 0. The Morgan fingerprint density at radius 2 is 2.18 bits per heavy atom. The Morgan fingerprint density at radius 1 is 1.29 bits per heavy atom. The molecule has 0 unspecified atom stereocenters. The molecule has 0 bridgehead atoms. The third kappa shape index (κ3) is 2.17. The van der Waals surface area contributed by atoms with Gasteiger partial charge in [-0.2, -0.15) is 0 Å². The molecule has 2 heterocycles. The van der Waals surface area contributed by atoms with E-state index in [2.05, 4.69) is 35.8 Å². The van der Waals surface area contributed by atoms with E-state index in [1.807, 2.05) is 0 Å². The zero-order valence-electron chi connectivity index (χ0n) is 10.4. The van der Waals surface area contributed by atoms with Crippen molar-refractivity contribution in [2.24, 2.45) is 5.41 Å². The zero-order valence-corrected chi connectivity index (χ0v) is 10.4. The van der Waals surface area contributed by atoms with Crippen molar-refractivity contribution in [2.45, 2.75) is 19.9 Å². The molecule has 1 saturated heterocycles. The summed E-state index contributed by atoms with van der Waals surface area (Å²) >= 11 is 0. The van der Waals surface area contributed by atoms with Gasteiger partial charge in [0.1, 0.15) is 5.75 Å². The number of rotatable bonds is 3. The average Bonchev–Trinajstić information content (AvgIpc) is 2.34. The summed E-state index contributed by atoms with van der Waals surface area (Å²) in [5.41, 5.74) is 3.13. The second kappa shape index (κ2) is 4.31. The predicted molar refractivity (Wildman–Crippen MR) is 68.3 cm³/mol. The van der Waals surface area contributed by atoms with Gasteiger partial charge in [-0.15, -0.1) is 0 Å². The quantitative estimate of drug-likeness (QED) is 0.824. The molecule has 1 fully saturated rings. The fourth-order valence-corrected chi connectivity index (χ4v) is 2.54. The van der Waals surface area contributed by atoms with Crippen molar-refractivity contribution < 1.29 is 4.74 Å². The first kappa shape index (κ1) is 11.1.